The minimum absolute atomic E-state index is 0.0183. The van der Waals surface area contributed by atoms with Gasteiger partial charge in [-0.2, -0.15) is 5.10 Å². The van der Waals surface area contributed by atoms with Crippen LogP contribution in [0.25, 0.3) is 16.3 Å². The molecule has 3 aromatic rings. The molecule has 1 amide bonds. The number of carbonyl (C=O) groups excluding carboxylic acids is 1. The third kappa shape index (κ3) is 3.90. The number of methoxy groups -OCH3 is 1. The Bertz CT molecular complexity index is 1140. The highest BCUT2D eigenvalue weighted by Gasteiger charge is 2.34. The van der Waals surface area contributed by atoms with Crippen LogP contribution in [0.3, 0.4) is 0 Å². The Hall–Kier alpha value is -2.80. The van der Waals surface area contributed by atoms with E-state index in [4.69, 9.17) is 14.6 Å². The van der Waals surface area contributed by atoms with Crippen molar-refractivity contribution in [3.05, 3.63) is 46.5 Å². The molecule has 0 saturated carbocycles. The molecule has 1 aliphatic rings. The first-order valence-electron chi connectivity index (χ1n) is 10.9. The third-order valence-electron chi connectivity index (χ3n) is 5.86. The number of aryl methyl sites for hydroxylation is 1. The molecule has 1 aliphatic carbocycles. The van der Waals surface area contributed by atoms with Crippen LogP contribution in [0.5, 0.6) is 11.5 Å². The molecule has 0 unspecified atom stereocenters. The van der Waals surface area contributed by atoms with Gasteiger partial charge in [0.05, 0.1) is 18.9 Å². The van der Waals surface area contributed by atoms with Crippen LogP contribution in [-0.4, -0.2) is 46.4 Å². The summed E-state index contributed by atoms with van der Waals surface area (Å²) in [5.41, 5.74) is 4.41. The highest BCUT2D eigenvalue weighted by molar-refractivity contribution is 7.12. The van der Waals surface area contributed by atoms with Crippen molar-refractivity contribution in [3.8, 4) is 27.8 Å². The summed E-state index contributed by atoms with van der Waals surface area (Å²) in [5.74, 6) is 1.37. The summed E-state index contributed by atoms with van der Waals surface area (Å²) in [6, 6.07) is 8.13. The lowest BCUT2D eigenvalue weighted by Gasteiger charge is -2.31. The van der Waals surface area contributed by atoms with Crippen molar-refractivity contribution >= 4 is 17.2 Å². The number of ether oxygens (including phenoxy) is 2. The van der Waals surface area contributed by atoms with Crippen LogP contribution in [0, 0.1) is 0 Å². The zero-order valence-electron chi connectivity index (χ0n) is 19.9. The molecule has 0 saturated heterocycles. The maximum atomic E-state index is 13.5. The molecule has 0 bridgehead atoms. The average molecular weight is 454 g/mol. The predicted octanol–water partition coefficient (Wildman–Crippen LogP) is 5.37. The molecule has 4 rings (SSSR count). The number of aromatic nitrogens is 2. The lowest BCUT2D eigenvalue weighted by Crippen LogP contribution is -2.43. The van der Waals surface area contributed by atoms with Gasteiger partial charge in [-0.1, -0.05) is 0 Å². The highest BCUT2D eigenvalue weighted by atomic mass is 32.1. The number of nitrogens with zero attached hydrogens (tertiary/aromatic N) is 3. The van der Waals surface area contributed by atoms with Crippen LogP contribution in [0.4, 0.5) is 0 Å². The number of amides is 1. The number of fused-ring (bicyclic) bond motifs is 3. The van der Waals surface area contributed by atoms with E-state index in [1.807, 2.05) is 69.9 Å². The van der Waals surface area contributed by atoms with Crippen LogP contribution < -0.4 is 9.47 Å². The van der Waals surface area contributed by atoms with Crippen LogP contribution in [0.15, 0.2) is 29.6 Å². The Morgan fingerprint density at radius 3 is 2.56 bits per heavy atom. The molecule has 0 fully saturated rings. The van der Waals surface area contributed by atoms with Gasteiger partial charge >= 0.3 is 0 Å². The molecule has 1 aromatic carbocycles. The number of benzene rings is 1. The van der Waals surface area contributed by atoms with Crippen LogP contribution >= 0.6 is 11.3 Å². The van der Waals surface area contributed by atoms with Gasteiger partial charge in [0.1, 0.15) is 5.00 Å². The molecule has 0 spiro atoms. The van der Waals surface area contributed by atoms with E-state index in [2.05, 4.69) is 6.07 Å². The van der Waals surface area contributed by atoms with Gasteiger partial charge in [0.25, 0.3) is 5.91 Å². The number of rotatable bonds is 5. The topological polar surface area (TPSA) is 56.6 Å². The van der Waals surface area contributed by atoms with Crippen molar-refractivity contribution in [2.24, 2.45) is 0 Å². The largest absolute Gasteiger partial charge is 0.493 e. The predicted molar refractivity (Wildman–Crippen MR) is 128 cm³/mol. The molecule has 0 N–H and O–H groups in total. The van der Waals surface area contributed by atoms with E-state index in [1.165, 1.54) is 5.56 Å². The summed E-state index contributed by atoms with van der Waals surface area (Å²) >= 11 is 1.60. The van der Waals surface area contributed by atoms with E-state index in [0.717, 1.165) is 40.4 Å². The maximum Gasteiger partial charge on any atom is 0.274 e. The third-order valence-corrected chi connectivity index (χ3v) is 6.71. The SMILES string of the molecule is COc1cc2c(cc1OC(C)C)-c1c(c(C(=O)N(C)C(C)(C)C)nn1-c1cccs1)CC2. The molecule has 0 aliphatic heterocycles. The van der Waals surface area contributed by atoms with Crippen molar-refractivity contribution in [3.63, 3.8) is 0 Å². The molecule has 7 heteroatoms. The van der Waals surface area contributed by atoms with Crippen molar-refractivity contribution < 1.29 is 14.3 Å². The van der Waals surface area contributed by atoms with Crippen LogP contribution in [-0.2, 0) is 12.8 Å². The summed E-state index contributed by atoms with van der Waals surface area (Å²) < 4.78 is 13.6. The van der Waals surface area contributed by atoms with E-state index in [9.17, 15) is 4.79 Å². The Labute approximate surface area is 193 Å². The van der Waals surface area contributed by atoms with E-state index < -0.39 is 0 Å². The molecule has 32 heavy (non-hydrogen) atoms. The van der Waals surface area contributed by atoms with Gasteiger partial charge in [-0.3, -0.25) is 4.79 Å². The highest BCUT2D eigenvalue weighted by Crippen LogP contribution is 2.43. The van der Waals surface area contributed by atoms with Crippen molar-refractivity contribution in [2.75, 3.05) is 14.2 Å². The molecule has 2 heterocycles. The van der Waals surface area contributed by atoms with Crippen molar-refractivity contribution in [1.29, 1.82) is 0 Å². The summed E-state index contributed by atoms with van der Waals surface area (Å²) in [5, 5.41) is 7.87. The fourth-order valence-corrected chi connectivity index (χ4v) is 4.63. The molecular weight excluding hydrogens is 422 g/mol. The number of thiophene rings is 1. The average Bonchev–Trinajstić information content (AvgIpc) is 3.38. The second-order valence-corrected chi connectivity index (χ2v) is 10.3. The summed E-state index contributed by atoms with van der Waals surface area (Å²) in [4.78, 5) is 15.2. The fraction of sp³-hybridized carbons (Fsp3) is 0.440. The Morgan fingerprint density at radius 2 is 1.97 bits per heavy atom. The van der Waals surface area contributed by atoms with Crippen LogP contribution in [0.2, 0.25) is 0 Å². The van der Waals surface area contributed by atoms with Gasteiger partial charge in [0, 0.05) is 23.7 Å². The van der Waals surface area contributed by atoms with Crippen molar-refractivity contribution in [1.82, 2.24) is 14.7 Å². The zero-order chi connectivity index (χ0) is 23.2. The Balaban J connectivity index is 1.94. The van der Waals surface area contributed by atoms with E-state index >= 15 is 0 Å². The van der Waals surface area contributed by atoms with Gasteiger partial charge in [-0.05, 0) is 82.7 Å². The quantitative estimate of drug-likeness (QED) is 0.521. The Kier molecular flexibility index (Phi) is 5.79. The molecular formula is C25H31N3O3S. The first-order chi connectivity index (χ1) is 15.1. The first-order valence-corrected chi connectivity index (χ1v) is 11.8. The van der Waals surface area contributed by atoms with Gasteiger partial charge in [0.2, 0.25) is 0 Å². The standard InChI is InChI=1S/C25H31N3O3S/c1-15(2)31-20-14-18-16(13-19(20)30-7)10-11-17-22(24(29)27(6)25(3,4)5)26-28(23(17)18)21-9-8-12-32-21/h8-9,12-15H,10-11H2,1-7H3. The monoisotopic (exact) mass is 453 g/mol. The minimum atomic E-state index is -0.297. The number of carbonyl (C=O) groups is 1. The van der Waals surface area contributed by atoms with Crippen LogP contribution in [0.1, 0.15) is 56.2 Å². The zero-order valence-corrected chi connectivity index (χ0v) is 20.7. The lowest BCUT2D eigenvalue weighted by molar-refractivity contribution is 0.0648. The first kappa shape index (κ1) is 22.4. The van der Waals surface area contributed by atoms with E-state index in [-0.39, 0.29) is 17.6 Å². The minimum Gasteiger partial charge on any atom is -0.493 e. The second-order valence-electron chi connectivity index (χ2n) is 9.40. The maximum absolute atomic E-state index is 13.5. The molecule has 0 atom stereocenters. The molecule has 6 nitrogen and oxygen atoms in total. The van der Waals surface area contributed by atoms with E-state index in [1.54, 1.807) is 23.3 Å². The second kappa shape index (κ2) is 8.28. The number of hydrogen-bond acceptors (Lipinski definition) is 5. The van der Waals surface area contributed by atoms with Gasteiger partial charge in [0.15, 0.2) is 17.2 Å². The normalized spacial score (nSPS) is 13.0. The molecule has 2 aromatic heterocycles. The van der Waals surface area contributed by atoms with E-state index in [0.29, 0.717) is 11.4 Å². The van der Waals surface area contributed by atoms with Gasteiger partial charge in [-0.15, -0.1) is 11.3 Å². The summed E-state index contributed by atoms with van der Waals surface area (Å²) in [6.07, 6.45) is 1.58. The molecule has 0 radical (unpaired) electrons. The van der Waals surface area contributed by atoms with Crippen molar-refractivity contribution in [2.45, 2.75) is 59.1 Å². The number of hydrogen-bond donors (Lipinski definition) is 0. The summed E-state index contributed by atoms with van der Waals surface area (Å²) in [7, 11) is 3.51. The molecule has 170 valence electrons. The Morgan fingerprint density at radius 1 is 1.22 bits per heavy atom. The smallest absolute Gasteiger partial charge is 0.274 e. The van der Waals surface area contributed by atoms with Gasteiger partial charge in [-0.25, -0.2) is 4.68 Å². The van der Waals surface area contributed by atoms with Gasteiger partial charge < -0.3 is 14.4 Å². The lowest BCUT2D eigenvalue weighted by atomic mass is 9.88. The fourth-order valence-electron chi connectivity index (χ4n) is 3.94. The summed E-state index contributed by atoms with van der Waals surface area (Å²) in [6.45, 7) is 10.1.